The van der Waals surface area contributed by atoms with Gasteiger partial charge in [0.1, 0.15) is 5.78 Å². The molecule has 0 aliphatic carbocycles. The first-order valence-electron chi connectivity index (χ1n) is 4.80. The first-order chi connectivity index (χ1) is 8.61. The first-order valence-corrected chi connectivity index (χ1v) is 5.72. The number of Topliss-reactive ketones (excluding diaryl/α,β-unsaturated/α-hetero) is 1. The third-order valence-corrected chi connectivity index (χ3v) is 3.23. The summed E-state index contributed by atoms with van der Waals surface area (Å²) in [4.78, 5) is 19.9. The van der Waals surface area contributed by atoms with E-state index in [1.807, 2.05) is 0 Å². The number of hydrogen-bond acceptors (Lipinski definition) is 4. The largest absolute Gasteiger partial charge is 0.573 e. The molecule has 1 rings (SSSR count). The average molecular weight is 342 g/mol. The minimum Gasteiger partial charge on any atom is -0.398 e. The van der Waals surface area contributed by atoms with Gasteiger partial charge in [0.05, 0.1) is 9.75 Å². The van der Waals surface area contributed by atoms with Crippen molar-refractivity contribution in [3.63, 3.8) is 0 Å². The molecule has 0 spiro atoms. The Morgan fingerprint density at radius 3 is 2.47 bits per heavy atom. The number of rotatable bonds is 4. The Morgan fingerprint density at radius 2 is 2.05 bits per heavy atom. The summed E-state index contributed by atoms with van der Waals surface area (Å²) in [5.41, 5.74) is -0.693. The quantitative estimate of drug-likeness (QED) is 0.477. The van der Waals surface area contributed by atoms with E-state index in [0.29, 0.717) is 0 Å². The van der Waals surface area contributed by atoms with Crippen LogP contribution in [-0.2, 0) is 4.79 Å². The van der Waals surface area contributed by atoms with Crippen LogP contribution >= 0.6 is 15.9 Å². The van der Waals surface area contributed by atoms with Gasteiger partial charge in [-0.05, 0) is 18.6 Å². The number of hydrogen-bond donors (Lipinski definition) is 0. The molecule has 104 valence electrons. The van der Waals surface area contributed by atoms with E-state index in [9.17, 15) is 28.1 Å². The summed E-state index contributed by atoms with van der Waals surface area (Å²) in [5, 5.41) is 10.6. The van der Waals surface area contributed by atoms with Crippen molar-refractivity contribution in [2.24, 2.45) is 0 Å². The smallest absolute Gasteiger partial charge is 0.398 e. The van der Waals surface area contributed by atoms with Crippen LogP contribution in [0.4, 0.5) is 18.9 Å². The van der Waals surface area contributed by atoms with Gasteiger partial charge in [0, 0.05) is 6.07 Å². The summed E-state index contributed by atoms with van der Waals surface area (Å²) >= 11 is 2.97. The molecule has 0 aliphatic heterocycles. The molecule has 0 bridgehead atoms. The van der Waals surface area contributed by atoms with Crippen molar-refractivity contribution in [1.82, 2.24) is 0 Å². The van der Waals surface area contributed by atoms with Crippen LogP contribution in [0.5, 0.6) is 5.75 Å². The van der Waals surface area contributed by atoms with Gasteiger partial charge in [-0.3, -0.25) is 14.9 Å². The molecule has 0 heterocycles. The predicted molar refractivity (Wildman–Crippen MR) is 62.1 cm³/mol. The highest BCUT2D eigenvalue weighted by Gasteiger charge is 2.34. The van der Waals surface area contributed by atoms with Crippen molar-refractivity contribution in [3.8, 4) is 5.75 Å². The predicted octanol–water partition coefficient (Wildman–Crippen LogP) is 3.52. The van der Waals surface area contributed by atoms with Gasteiger partial charge in [-0.15, -0.1) is 13.2 Å². The highest BCUT2D eigenvalue weighted by Crippen LogP contribution is 2.36. The minimum absolute atomic E-state index is 0.136. The lowest BCUT2D eigenvalue weighted by Crippen LogP contribution is -2.18. The number of nitrogens with zero attached hydrogens (tertiary/aromatic N) is 1. The lowest BCUT2D eigenvalue weighted by atomic mass is 10.1. The number of nitro groups is 1. The number of ketones is 1. The topological polar surface area (TPSA) is 69.4 Å². The van der Waals surface area contributed by atoms with Gasteiger partial charge < -0.3 is 4.74 Å². The molecule has 0 amide bonds. The van der Waals surface area contributed by atoms with Gasteiger partial charge in [-0.1, -0.05) is 22.0 Å². The van der Waals surface area contributed by atoms with Crippen molar-refractivity contribution in [2.45, 2.75) is 18.1 Å². The third kappa shape index (κ3) is 4.19. The molecule has 1 aromatic carbocycles. The maximum absolute atomic E-state index is 12.2. The van der Waals surface area contributed by atoms with Crippen LogP contribution < -0.4 is 4.74 Å². The van der Waals surface area contributed by atoms with Crippen molar-refractivity contribution >= 4 is 27.4 Å². The van der Waals surface area contributed by atoms with Gasteiger partial charge in [-0.25, -0.2) is 0 Å². The molecule has 1 aromatic rings. The molecule has 1 unspecified atom stereocenters. The second-order valence-corrected chi connectivity index (χ2v) is 4.42. The molecular formula is C10H7BrF3NO4. The zero-order valence-electron chi connectivity index (χ0n) is 9.40. The van der Waals surface area contributed by atoms with E-state index in [-0.39, 0.29) is 11.3 Å². The fraction of sp³-hybridized carbons (Fsp3) is 0.300. The standard InChI is InChI=1S/C10H7BrF3NO4/c1-5(16)9(11)6-2-3-7(15(17)18)8(4-6)19-10(12,13)14/h2-4,9H,1H3. The Morgan fingerprint density at radius 1 is 1.47 bits per heavy atom. The van der Waals surface area contributed by atoms with E-state index in [4.69, 9.17) is 0 Å². The maximum atomic E-state index is 12.2. The zero-order chi connectivity index (χ0) is 14.8. The van der Waals surface area contributed by atoms with Gasteiger partial charge in [-0.2, -0.15) is 0 Å². The SMILES string of the molecule is CC(=O)C(Br)c1ccc([N+](=O)[O-])c(OC(F)(F)F)c1. The lowest BCUT2D eigenvalue weighted by Gasteiger charge is -2.12. The van der Waals surface area contributed by atoms with Crippen molar-refractivity contribution in [2.75, 3.05) is 0 Å². The molecular weight excluding hydrogens is 335 g/mol. The number of carbonyl (C=O) groups is 1. The molecule has 0 aliphatic rings. The fourth-order valence-electron chi connectivity index (χ4n) is 1.28. The maximum Gasteiger partial charge on any atom is 0.573 e. The summed E-state index contributed by atoms with van der Waals surface area (Å²) in [6, 6.07) is 2.85. The average Bonchev–Trinajstić information content (AvgIpc) is 2.25. The summed E-state index contributed by atoms with van der Waals surface area (Å²) in [7, 11) is 0. The molecule has 19 heavy (non-hydrogen) atoms. The molecule has 5 nitrogen and oxygen atoms in total. The molecule has 0 saturated carbocycles. The number of halogens is 4. The molecule has 0 radical (unpaired) electrons. The van der Waals surface area contributed by atoms with E-state index < -0.39 is 27.5 Å². The molecule has 9 heteroatoms. The number of carbonyl (C=O) groups excluding carboxylic acids is 1. The van der Waals surface area contributed by atoms with Crippen LogP contribution in [0, 0.1) is 10.1 Å². The number of ether oxygens (including phenoxy) is 1. The monoisotopic (exact) mass is 341 g/mol. The van der Waals surface area contributed by atoms with Gasteiger partial charge in [0.2, 0.25) is 5.75 Å². The third-order valence-electron chi connectivity index (χ3n) is 2.06. The van der Waals surface area contributed by atoms with E-state index >= 15 is 0 Å². The highest BCUT2D eigenvalue weighted by atomic mass is 79.9. The van der Waals surface area contributed by atoms with Gasteiger partial charge in [0.15, 0.2) is 0 Å². The van der Waals surface area contributed by atoms with E-state index in [1.165, 1.54) is 13.0 Å². The molecule has 0 aromatic heterocycles. The Bertz CT molecular complexity index is 518. The van der Waals surface area contributed by atoms with E-state index in [2.05, 4.69) is 20.7 Å². The first kappa shape index (κ1) is 15.4. The molecule has 0 N–H and O–H groups in total. The molecule has 1 atom stereocenters. The van der Waals surface area contributed by atoms with Crippen LogP contribution in [0.1, 0.15) is 17.3 Å². The Hall–Kier alpha value is -1.64. The van der Waals surface area contributed by atoms with Gasteiger partial charge in [0.25, 0.3) is 0 Å². The lowest BCUT2D eigenvalue weighted by molar-refractivity contribution is -0.388. The number of benzene rings is 1. The molecule has 0 fully saturated rings. The van der Waals surface area contributed by atoms with E-state index in [0.717, 1.165) is 12.1 Å². The second-order valence-electron chi connectivity index (χ2n) is 3.51. The van der Waals surface area contributed by atoms with Gasteiger partial charge >= 0.3 is 12.0 Å². The zero-order valence-corrected chi connectivity index (χ0v) is 11.0. The normalized spacial score (nSPS) is 12.9. The van der Waals surface area contributed by atoms with Crippen LogP contribution in [0.25, 0.3) is 0 Å². The minimum atomic E-state index is -5.05. The summed E-state index contributed by atoms with van der Waals surface area (Å²) in [6.07, 6.45) is -5.05. The second kappa shape index (κ2) is 5.55. The van der Waals surface area contributed by atoms with Crippen molar-refractivity contribution in [3.05, 3.63) is 33.9 Å². The summed E-state index contributed by atoms with van der Waals surface area (Å²) in [6.45, 7) is 1.23. The van der Waals surface area contributed by atoms with Crippen molar-refractivity contribution < 1.29 is 27.6 Å². The van der Waals surface area contributed by atoms with E-state index in [1.54, 1.807) is 0 Å². The Labute approximate surface area is 113 Å². The summed E-state index contributed by atoms with van der Waals surface area (Å²) < 4.78 is 40.0. The van der Waals surface area contributed by atoms with Crippen LogP contribution in [0.3, 0.4) is 0 Å². The number of nitro benzene ring substituents is 1. The highest BCUT2D eigenvalue weighted by molar-refractivity contribution is 9.09. The fourth-order valence-corrected chi connectivity index (χ4v) is 1.57. The van der Waals surface area contributed by atoms with Crippen LogP contribution in [0.15, 0.2) is 18.2 Å². The van der Waals surface area contributed by atoms with Crippen LogP contribution in [-0.4, -0.2) is 17.1 Å². The van der Waals surface area contributed by atoms with Crippen molar-refractivity contribution in [1.29, 1.82) is 0 Å². The Kier molecular flexibility index (Phi) is 4.51. The summed E-state index contributed by atoms with van der Waals surface area (Å²) in [5.74, 6) is -1.31. The van der Waals surface area contributed by atoms with Crippen LogP contribution in [0.2, 0.25) is 0 Å². The Balaban J connectivity index is 3.26. The number of alkyl halides is 4. The molecule has 0 saturated heterocycles.